The van der Waals surface area contributed by atoms with Crippen LogP contribution in [0.1, 0.15) is 43.8 Å². The molecule has 1 aliphatic heterocycles. The molecule has 1 aromatic carbocycles. The molecule has 120 valence electrons. The summed E-state index contributed by atoms with van der Waals surface area (Å²) in [6.07, 6.45) is 2.93. The molecule has 0 aliphatic carbocycles. The summed E-state index contributed by atoms with van der Waals surface area (Å²) in [7, 11) is 0. The third-order valence-corrected chi connectivity index (χ3v) is 4.89. The van der Waals surface area contributed by atoms with Gasteiger partial charge in [-0.25, -0.2) is 0 Å². The third-order valence-electron chi connectivity index (χ3n) is 4.89. The van der Waals surface area contributed by atoms with Crippen molar-refractivity contribution >= 4 is 10.9 Å². The summed E-state index contributed by atoms with van der Waals surface area (Å²) in [6, 6.07) is 11.1. The van der Waals surface area contributed by atoms with E-state index in [1.807, 2.05) is 6.20 Å². The van der Waals surface area contributed by atoms with Crippen LogP contribution >= 0.6 is 0 Å². The first-order chi connectivity index (χ1) is 11.0. The van der Waals surface area contributed by atoms with Crippen molar-refractivity contribution in [3.63, 3.8) is 0 Å². The lowest BCUT2D eigenvalue weighted by Gasteiger charge is -2.43. The maximum Gasteiger partial charge on any atom is 0.0554 e. The fourth-order valence-electron chi connectivity index (χ4n) is 4.03. The monoisotopic (exact) mass is 308 g/mol. The molecule has 4 heteroatoms. The fourth-order valence-corrected chi connectivity index (χ4v) is 4.03. The molecule has 0 spiro atoms. The Labute approximate surface area is 136 Å². The summed E-state index contributed by atoms with van der Waals surface area (Å²) in [5.41, 5.74) is 5.50. The third kappa shape index (κ3) is 2.47. The molecular formula is C19H24N4. The van der Waals surface area contributed by atoms with Crippen molar-refractivity contribution in [2.24, 2.45) is 5.41 Å². The van der Waals surface area contributed by atoms with Crippen LogP contribution < -0.4 is 0 Å². The molecule has 23 heavy (non-hydrogen) atoms. The van der Waals surface area contributed by atoms with Crippen molar-refractivity contribution in [1.29, 1.82) is 0 Å². The number of nitrogens with one attached hydrogen (secondary N) is 2. The molecule has 0 bridgehead atoms. The van der Waals surface area contributed by atoms with Gasteiger partial charge in [0.1, 0.15) is 0 Å². The summed E-state index contributed by atoms with van der Waals surface area (Å²) in [5, 5.41) is 8.59. The van der Waals surface area contributed by atoms with Gasteiger partial charge in [-0.15, -0.1) is 0 Å². The van der Waals surface area contributed by atoms with Crippen molar-refractivity contribution in [2.75, 3.05) is 6.54 Å². The quantitative estimate of drug-likeness (QED) is 0.750. The second-order valence-electron chi connectivity index (χ2n) is 7.63. The van der Waals surface area contributed by atoms with E-state index < -0.39 is 0 Å². The zero-order valence-electron chi connectivity index (χ0n) is 14.1. The highest BCUT2D eigenvalue weighted by molar-refractivity contribution is 5.85. The van der Waals surface area contributed by atoms with Crippen LogP contribution in [-0.2, 0) is 13.0 Å². The molecule has 3 aromatic rings. The number of para-hydroxylation sites is 1. The first-order valence-corrected chi connectivity index (χ1v) is 8.36. The molecule has 2 N–H and O–H groups in total. The largest absolute Gasteiger partial charge is 0.357 e. The second-order valence-corrected chi connectivity index (χ2v) is 7.63. The van der Waals surface area contributed by atoms with Crippen LogP contribution in [-0.4, -0.2) is 26.6 Å². The van der Waals surface area contributed by atoms with Crippen LogP contribution in [0.5, 0.6) is 0 Å². The van der Waals surface area contributed by atoms with Gasteiger partial charge in [-0.05, 0) is 29.5 Å². The Morgan fingerprint density at radius 1 is 1.22 bits per heavy atom. The predicted molar refractivity (Wildman–Crippen MR) is 93.2 cm³/mol. The van der Waals surface area contributed by atoms with E-state index >= 15 is 0 Å². The maximum absolute atomic E-state index is 4.09. The lowest BCUT2D eigenvalue weighted by molar-refractivity contribution is 0.0781. The number of H-pyrrole nitrogens is 2. The Hall–Kier alpha value is -2.07. The van der Waals surface area contributed by atoms with Gasteiger partial charge in [0, 0.05) is 41.6 Å². The van der Waals surface area contributed by atoms with Crippen LogP contribution in [0.3, 0.4) is 0 Å². The number of rotatable bonds is 2. The van der Waals surface area contributed by atoms with E-state index in [9.17, 15) is 0 Å². The van der Waals surface area contributed by atoms with E-state index in [4.69, 9.17) is 0 Å². The minimum atomic E-state index is 0.163. The molecule has 0 unspecified atom stereocenters. The van der Waals surface area contributed by atoms with Gasteiger partial charge in [-0.2, -0.15) is 5.10 Å². The zero-order chi connectivity index (χ0) is 16.0. The number of hydrogen-bond acceptors (Lipinski definition) is 2. The minimum Gasteiger partial charge on any atom is -0.357 e. The van der Waals surface area contributed by atoms with Crippen molar-refractivity contribution in [3.05, 3.63) is 53.5 Å². The first-order valence-electron chi connectivity index (χ1n) is 8.36. The van der Waals surface area contributed by atoms with E-state index in [2.05, 4.69) is 71.2 Å². The molecule has 1 aliphatic rings. The normalized spacial score (nSPS) is 19.2. The zero-order valence-corrected chi connectivity index (χ0v) is 14.1. The molecule has 0 fully saturated rings. The lowest BCUT2D eigenvalue weighted by Crippen LogP contribution is -2.41. The Bertz CT molecular complexity index is 808. The molecule has 0 amide bonds. The highest BCUT2D eigenvalue weighted by Gasteiger charge is 2.38. The van der Waals surface area contributed by atoms with Crippen molar-refractivity contribution in [1.82, 2.24) is 20.1 Å². The molecule has 1 atom stereocenters. The highest BCUT2D eigenvalue weighted by atomic mass is 15.2. The van der Waals surface area contributed by atoms with Gasteiger partial charge in [-0.3, -0.25) is 10.00 Å². The molecular weight excluding hydrogens is 284 g/mol. The maximum atomic E-state index is 4.09. The molecule has 0 saturated heterocycles. The number of hydrogen-bond donors (Lipinski definition) is 2. The van der Waals surface area contributed by atoms with Gasteiger partial charge < -0.3 is 4.98 Å². The van der Waals surface area contributed by atoms with Crippen molar-refractivity contribution in [3.8, 4) is 0 Å². The van der Waals surface area contributed by atoms with E-state index in [1.54, 1.807) is 0 Å². The van der Waals surface area contributed by atoms with Gasteiger partial charge >= 0.3 is 0 Å². The smallest absolute Gasteiger partial charge is 0.0554 e. The van der Waals surface area contributed by atoms with Crippen molar-refractivity contribution < 1.29 is 0 Å². The highest BCUT2D eigenvalue weighted by Crippen LogP contribution is 2.44. The van der Waals surface area contributed by atoms with Gasteiger partial charge in [-0.1, -0.05) is 39.0 Å². The van der Waals surface area contributed by atoms with Crippen LogP contribution in [0.15, 0.2) is 36.5 Å². The number of benzene rings is 1. The summed E-state index contributed by atoms with van der Waals surface area (Å²) in [5.74, 6) is 0. The Balaban J connectivity index is 1.79. The van der Waals surface area contributed by atoms with Gasteiger partial charge in [0.15, 0.2) is 0 Å². The number of aromatic nitrogens is 3. The molecule has 0 radical (unpaired) electrons. The average Bonchev–Trinajstić information content (AvgIpc) is 3.12. The Morgan fingerprint density at radius 3 is 2.78 bits per heavy atom. The second kappa shape index (κ2) is 5.24. The summed E-state index contributed by atoms with van der Waals surface area (Å²) in [4.78, 5) is 6.29. The van der Waals surface area contributed by atoms with Gasteiger partial charge in [0.05, 0.1) is 6.04 Å². The number of fused-ring (bicyclic) bond motifs is 3. The Kier molecular flexibility index (Phi) is 3.31. The number of nitrogens with zero attached hydrogens (tertiary/aromatic N) is 2. The van der Waals surface area contributed by atoms with Crippen LogP contribution in [0.4, 0.5) is 0 Å². The van der Waals surface area contributed by atoms with E-state index in [1.165, 1.54) is 27.9 Å². The van der Waals surface area contributed by atoms with Crippen LogP contribution in [0.2, 0.25) is 0 Å². The molecule has 4 rings (SSSR count). The fraction of sp³-hybridized carbons (Fsp3) is 0.421. The molecule has 4 nitrogen and oxygen atoms in total. The first kappa shape index (κ1) is 14.5. The topological polar surface area (TPSA) is 47.7 Å². The minimum absolute atomic E-state index is 0.163. The van der Waals surface area contributed by atoms with Crippen LogP contribution in [0, 0.1) is 5.41 Å². The molecule has 2 aromatic heterocycles. The standard InChI is InChI=1S/C19H24N4/c1-19(2,3)18-17-15(14-6-4-5-7-16(14)21-17)9-11-23(18)12-13-8-10-20-22-13/h4-8,10,18,21H,9,11-12H2,1-3H3,(H,20,22)/t18-/m1/s1. The molecule has 3 heterocycles. The van der Waals surface area contributed by atoms with E-state index in [0.29, 0.717) is 6.04 Å². The van der Waals surface area contributed by atoms with Gasteiger partial charge in [0.2, 0.25) is 0 Å². The van der Waals surface area contributed by atoms with Crippen LogP contribution in [0.25, 0.3) is 10.9 Å². The van der Waals surface area contributed by atoms with E-state index in [0.717, 1.165) is 19.5 Å². The summed E-state index contributed by atoms with van der Waals surface area (Å²) in [6.45, 7) is 8.99. The number of aromatic amines is 2. The summed E-state index contributed by atoms with van der Waals surface area (Å²) < 4.78 is 0. The predicted octanol–water partition coefficient (Wildman–Crippen LogP) is 4.04. The SMILES string of the molecule is CC(C)(C)[C@H]1c2[nH]c3ccccc3c2CCN1Cc1ccn[nH]1. The Morgan fingerprint density at radius 2 is 2.04 bits per heavy atom. The van der Waals surface area contributed by atoms with Gasteiger partial charge in [0.25, 0.3) is 0 Å². The lowest BCUT2D eigenvalue weighted by atomic mass is 9.79. The van der Waals surface area contributed by atoms with E-state index in [-0.39, 0.29) is 5.41 Å². The van der Waals surface area contributed by atoms with Crippen molar-refractivity contribution in [2.45, 2.75) is 39.8 Å². The summed E-state index contributed by atoms with van der Waals surface area (Å²) >= 11 is 0. The average molecular weight is 308 g/mol. The molecule has 0 saturated carbocycles.